The molecule has 6 heteroatoms. The van der Waals surface area contributed by atoms with Gasteiger partial charge in [0.2, 0.25) is 0 Å². The monoisotopic (exact) mass is 278 g/mol. The lowest BCUT2D eigenvalue weighted by Crippen LogP contribution is -2.43. The predicted molar refractivity (Wildman–Crippen MR) is 75.8 cm³/mol. The molecule has 1 aromatic rings. The molecule has 1 aromatic carbocycles. The van der Waals surface area contributed by atoms with Crippen LogP contribution in [0.25, 0.3) is 0 Å². The van der Waals surface area contributed by atoms with Gasteiger partial charge in [-0.15, -0.1) is 0 Å². The molecule has 0 aliphatic carbocycles. The Bertz CT molecular complexity index is 510. The molecule has 0 amide bonds. The van der Waals surface area contributed by atoms with Crippen molar-refractivity contribution in [1.82, 2.24) is 10.6 Å². The van der Waals surface area contributed by atoms with Gasteiger partial charge in [0.05, 0.1) is 18.2 Å². The number of guanidine groups is 1. The smallest absolute Gasteiger partial charge is 0.191 e. The minimum Gasteiger partial charge on any atom is -0.383 e. The fraction of sp³-hybridized carbons (Fsp3) is 0.429. The SMILES string of the molecule is CN=C(NCc1cc(C#N)ccc1F)NC(C)COC. The molecule has 1 unspecified atom stereocenters. The number of nitrogens with zero attached hydrogens (tertiary/aromatic N) is 2. The largest absolute Gasteiger partial charge is 0.383 e. The van der Waals surface area contributed by atoms with Crippen molar-refractivity contribution < 1.29 is 9.13 Å². The molecule has 1 rings (SSSR count). The number of methoxy groups -OCH3 is 1. The second kappa shape index (κ2) is 8.12. The summed E-state index contributed by atoms with van der Waals surface area (Å²) in [6.07, 6.45) is 0. The lowest BCUT2D eigenvalue weighted by molar-refractivity contribution is 0.179. The number of benzene rings is 1. The van der Waals surface area contributed by atoms with Crippen LogP contribution >= 0.6 is 0 Å². The Balaban J connectivity index is 2.63. The molecule has 0 aliphatic rings. The van der Waals surface area contributed by atoms with Gasteiger partial charge in [-0.05, 0) is 25.1 Å². The summed E-state index contributed by atoms with van der Waals surface area (Å²) in [5.41, 5.74) is 0.852. The van der Waals surface area contributed by atoms with Crippen LogP contribution < -0.4 is 10.6 Å². The van der Waals surface area contributed by atoms with Crippen LogP contribution in [-0.4, -0.2) is 32.8 Å². The van der Waals surface area contributed by atoms with E-state index in [2.05, 4.69) is 15.6 Å². The number of nitriles is 1. The minimum absolute atomic E-state index is 0.0847. The number of aliphatic imine (C=N–C) groups is 1. The van der Waals surface area contributed by atoms with Gasteiger partial charge >= 0.3 is 0 Å². The predicted octanol–water partition coefficient (Wildman–Crippen LogP) is 1.40. The van der Waals surface area contributed by atoms with Gasteiger partial charge in [0.1, 0.15) is 5.82 Å². The number of hydrogen-bond acceptors (Lipinski definition) is 3. The van der Waals surface area contributed by atoms with Crippen molar-refractivity contribution in [3.8, 4) is 6.07 Å². The van der Waals surface area contributed by atoms with Crippen LogP contribution in [0.4, 0.5) is 4.39 Å². The molecule has 0 heterocycles. The first-order valence-corrected chi connectivity index (χ1v) is 6.25. The molecule has 0 aliphatic heterocycles. The summed E-state index contributed by atoms with van der Waals surface area (Å²) in [4.78, 5) is 4.05. The average molecular weight is 278 g/mol. The zero-order valence-corrected chi connectivity index (χ0v) is 11.9. The molecule has 1 atom stereocenters. The number of nitrogens with one attached hydrogen (secondary N) is 2. The molecule has 20 heavy (non-hydrogen) atoms. The Labute approximate surface area is 118 Å². The Morgan fingerprint density at radius 1 is 1.55 bits per heavy atom. The molecule has 0 radical (unpaired) electrons. The van der Waals surface area contributed by atoms with Crippen LogP contribution in [0.2, 0.25) is 0 Å². The fourth-order valence-electron chi connectivity index (χ4n) is 1.68. The molecule has 0 spiro atoms. The lowest BCUT2D eigenvalue weighted by atomic mass is 10.1. The van der Waals surface area contributed by atoms with Gasteiger partial charge in [-0.1, -0.05) is 0 Å². The second-order valence-corrected chi connectivity index (χ2v) is 4.34. The van der Waals surface area contributed by atoms with Crippen LogP contribution in [0, 0.1) is 17.1 Å². The summed E-state index contributed by atoms with van der Waals surface area (Å²) >= 11 is 0. The van der Waals surface area contributed by atoms with E-state index in [0.717, 1.165) is 0 Å². The maximum atomic E-state index is 13.6. The molecule has 5 nitrogen and oxygen atoms in total. The van der Waals surface area contributed by atoms with Gasteiger partial charge in [0, 0.05) is 32.3 Å². The van der Waals surface area contributed by atoms with E-state index in [-0.39, 0.29) is 18.4 Å². The third kappa shape index (κ3) is 4.86. The van der Waals surface area contributed by atoms with E-state index in [1.54, 1.807) is 14.2 Å². The molecule has 0 saturated heterocycles. The van der Waals surface area contributed by atoms with Crippen molar-refractivity contribution in [3.63, 3.8) is 0 Å². The highest BCUT2D eigenvalue weighted by Gasteiger charge is 2.07. The van der Waals surface area contributed by atoms with Crippen molar-refractivity contribution in [2.75, 3.05) is 20.8 Å². The summed E-state index contributed by atoms with van der Waals surface area (Å²) in [5, 5.41) is 14.9. The zero-order valence-electron chi connectivity index (χ0n) is 11.9. The molecule has 108 valence electrons. The molecule has 2 N–H and O–H groups in total. The first kappa shape index (κ1) is 15.9. The summed E-state index contributed by atoms with van der Waals surface area (Å²) in [5.74, 6) is 0.202. The quantitative estimate of drug-likeness (QED) is 0.631. The summed E-state index contributed by atoms with van der Waals surface area (Å²) < 4.78 is 18.6. The standard InChI is InChI=1S/C14H19FN4O/c1-10(9-20-3)19-14(17-2)18-8-12-6-11(7-16)4-5-13(12)15/h4-6,10H,8-9H2,1-3H3,(H2,17,18,19). The Kier molecular flexibility index (Phi) is 6.47. The lowest BCUT2D eigenvalue weighted by Gasteiger charge is -2.17. The van der Waals surface area contributed by atoms with Gasteiger partial charge in [0.25, 0.3) is 0 Å². The number of rotatable bonds is 5. The van der Waals surface area contributed by atoms with Gasteiger partial charge in [0.15, 0.2) is 5.96 Å². The second-order valence-electron chi connectivity index (χ2n) is 4.34. The first-order valence-electron chi connectivity index (χ1n) is 6.25. The molecule has 0 aromatic heterocycles. The fourth-order valence-corrected chi connectivity index (χ4v) is 1.68. The third-order valence-corrected chi connectivity index (χ3v) is 2.64. The van der Waals surface area contributed by atoms with E-state index in [4.69, 9.17) is 10.00 Å². The highest BCUT2D eigenvalue weighted by atomic mass is 19.1. The van der Waals surface area contributed by atoms with E-state index in [1.807, 2.05) is 13.0 Å². The Morgan fingerprint density at radius 2 is 2.30 bits per heavy atom. The van der Waals surface area contributed by atoms with E-state index >= 15 is 0 Å². The molecule has 0 bridgehead atoms. The van der Waals surface area contributed by atoms with Crippen LogP contribution in [0.3, 0.4) is 0 Å². The Morgan fingerprint density at radius 3 is 2.90 bits per heavy atom. The third-order valence-electron chi connectivity index (χ3n) is 2.64. The van der Waals surface area contributed by atoms with Gasteiger partial charge in [-0.3, -0.25) is 4.99 Å². The van der Waals surface area contributed by atoms with Gasteiger partial charge in [-0.25, -0.2) is 4.39 Å². The van der Waals surface area contributed by atoms with Crippen LogP contribution in [0.5, 0.6) is 0 Å². The molecule has 0 saturated carbocycles. The van der Waals surface area contributed by atoms with Crippen molar-refractivity contribution in [2.45, 2.75) is 19.5 Å². The number of halogens is 1. The van der Waals surface area contributed by atoms with Gasteiger partial charge in [-0.2, -0.15) is 5.26 Å². The first-order chi connectivity index (χ1) is 9.60. The van der Waals surface area contributed by atoms with Gasteiger partial charge < -0.3 is 15.4 Å². The molecular weight excluding hydrogens is 259 g/mol. The summed E-state index contributed by atoms with van der Waals surface area (Å²) in [6.45, 7) is 2.74. The minimum atomic E-state index is -0.350. The van der Waals surface area contributed by atoms with Crippen molar-refractivity contribution in [3.05, 3.63) is 35.1 Å². The van der Waals surface area contributed by atoms with Crippen LogP contribution in [-0.2, 0) is 11.3 Å². The van der Waals surface area contributed by atoms with E-state index in [1.165, 1.54) is 18.2 Å². The summed E-state index contributed by atoms with van der Waals surface area (Å²) in [6, 6.07) is 6.34. The zero-order chi connectivity index (χ0) is 15.0. The summed E-state index contributed by atoms with van der Waals surface area (Å²) in [7, 11) is 3.26. The maximum absolute atomic E-state index is 13.6. The molecular formula is C14H19FN4O. The van der Waals surface area contributed by atoms with E-state index in [0.29, 0.717) is 23.7 Å². The van der Waals surface area contributed by atoms with E-state index < -0.39 is 0 Å². The van der Waals surface area contributed by atoms with Crippen molar-refractivity contribution in [1.29, 1.82) is 5.26 Å². The average Bonchev–Trinajstić information content (AvgIpc) is 2.45. The Hall–Kier alpha value is -2.13. The van der Waals surface area contributed by atoms with Crippen molar-refractivity contribution in [2.24, 2.45) is 4.99 Å². The van der Waals surface area contributed by atoms with Crippen LogP contribution in [0.15, 0.2) is 23.2 Å². The number of ether oxygens (including phenoxy) is 1. The normalized spacial score (nSPS) is 12.7. The highest BCUT2D eigenvalue weighted by Crippen LogP contribution is 2.09. The highest BCUT2D eigenvalue weighted by molar-refractivity contribution is 5.79. The number of hydrogen-bond donors (Lipinski definition) is 2. The topological polar surface area (TPSA) is 69.4 Å². The van der Waals surface area contributed by atoms with Crippen molar-refractivity contribution >= 4 is 5.96 Å². The maximum Gasteiger partial charge on any atom is 0.191 e. The van der Waals surface area contributed by atoms with Crippen LogP contribution in [0.1, 0.15) is 18.1 Å². The molecule has 0 fully saturated rings. The van der Waals surface area contributed by atoms with E-state index in [9.17, 15) is 4.39 Å².